The van der Waals surface area contributed by atoms with Crippen LogP contribution in [0.3, 0.4) is 0 Å². The van der Waals surface area contributed by atoms with Crippen molar-refractivity contribution in [3.8, 4) is 0 Å². The second kappa shape index (κ2) is 10.2. The molecule has 0 heterocycles. The van der Waals surface area contributed by atoms with E-state index >= 15 is 0 Å². The molecule has 0 N–H and O–H groups in total. The molecule has 0 bridgehead atoms. The Labute approximate surface area is 131 Å². The monoisotopic (exact) mass is 328 g/mol. The van der Waals surface area contributed by atoms with E-state index in [0.717, 1.165) is 12.3 Å². The Morgan fingerprint density at radius 3 is 1.22 bits per heavy atom. The van der Waals surface area contributed by atoms with Crippen molar-refractivity contribution in [3.63, 3.8) is 0 Å². The predicted octanol–water partition coefficient (Wildman–Crippen LogP) is 7.01. The molecule has 0 aliphatic heterocycles. The molecule has 4 heteroatoms. The fourth-order valence-electron chi connectivity index (χ4n) is 2.19. The van der Waals surface area contributed by atoms with Crippen molar-refractivity contribution in [3.05, 3.63) is 0 Å². The van der Waals surface area contributed by atoms with Gasteiger partial charge in [-0.05, 0) is 0 Å². The molecule has 0 radical (unpaired) electrons. The molecule has 0 saturated carbocycles. The van der Waals surface area contributed by atoms with E-state index in [1.807, 2.05) is 0 Å². The Bertz CT molecular complexity index is 181. The van der Waals surface area contributed by atoms with Gasteiger partial charge < -0.3 is 0 Å². The first-order valence-electron chi connectivity index (χ1n) is 7.65. The van der Waals surface area contributed by atoms with Gasteiger partial charge in [-0.3, -0.25) is 0 Å². The van der Waals surface area contributed by atoms with E-state index in [9.17, 15) is 0 Å². The Hall–Kier alpha value is 1.48. The van der Waals surface area contributed by atoms with Gasteiger partial charge in [0.25, 0.3) is 0 Å². The molecular weight excluding hydrogens is 295 g/mol. The maximum absolute atomic E-state index is 4.85. The van der Waals surface area contributed by atoms with Gasteiger partial charge in [-0.15, -0.1) is 0 Å². The third-order valence-corrected chi connectivity index (χ3v) is 9.50. The Balaban J connectivity index is 3.69. The van der Waals surface area contributed by atoms with Gasteiger partial charge in [0.2, 0.25) is 0 Å². The molecule has 0 aromatic heterocycles. The van der Waals surface area contributed by atoms with Crippen molar-refractivity contribution in [1.82, 2.24) is 0 Å². The van der Waals surface area contributed by atoms with Crippen LogP contribution in [0, 0.1) is 0 Å². The molecule has 0 aromatic rings. The molecule has 0 fully saturated rings. The second-order valence-electron chi connectivity index (χ2n) is 5.62. The van der Waals surface area contributed by atoms with Gasteiger partial charge in [-0.1, -0.05) is 0 Å². The normalized spacial score (nSPS) is 14.4. The summed E-state index contributed by atoms with van der Waals surface area (Å²) in [4.78, 5) is 0. The average molecular weight is 329 g/mol. The molecular formula is C14H33PS3. The van der Waals surface area contributed by atoms with Crippen molar-refractivity contribution in [1.29, 1.82) is 0 Å². The summed E-state index contributed by atoms with van der Waals surface area (Å²) in [5.41, 5.74) is 0. The van der Waals surface area contributed by atoms with Gasteiger partial charge in [-0.25, -0.2) is 0 Å². The van der Waals surface area contributed by atoms with Crippen LogP contribution in [0.5, 0.6) is 0 Å². The van der Waals surface area contributed by atoms with Crippen molar-refractivity contribution in [2.24, 2.45) is 0 Å². The van der Waals surface area contributed by atoms with Gasteiger partial charge in [0, 0.05) is 0 Å². The zero-order valence-electron chi connectivity index (χ0n) is 12.3. The summed E-state index contributed by atoms with van der Waals surface area (Å²) in [7, 11) is 0. The van der Waals surface area contributed by atoms with E-state index in [4.69, 9.17) is 36.7 Å². The average Bonchev–Trinajstić information content (AvgIpc) is 2.28. The van der Waals surface area contributed by atoms with Crippen molar-refractivity contribution >= 4 is 41.0 Å². The van der Waals surface area contributed by atoms with Crippen LogP contribution >= 0.6 is 41.0 Å². The van der Waals surface area contributed by atoms with E-state index in [0.29, 0.717) is 0 Å². The first-order chi connectivity index (χ1) is 8.39. The van der Waals surface area contributed by atoms with Crippen LogP contribution < -0.4 is 0 Å². The van der Waals surface area contributed by atoms with Crippen LogP contribution in [-0.2, 0) is 0 Å². The number of hydrogen-bond acceptors (Lipinski definition) is 3. The standard InChI is InChI=1S/C14H33PS3/c1-3-5-7-9-11-13-15(16,17,18)14-12-10-8-6-4-2/h16-18H,3-14H2,1-2H3. The first kappa shape index (κ1) is 19.5. The van der Waals surface area contributed by atoms with Crippen molar-refractivity contribution in [2.75, 3.05) is 12.3 Å². The maximum atomic E-state index is 4.85. The van der Waals surface area contributed by atoms with Crippen LogP contribution in [-0.4, -0.2) is 12.3 Å². The Morgan fingerprint density at radius 2 is 0.889 bits per heavy atom. The summed E-state index contributed by atoms with van der Waals surface area (Å²) in [5, 5.41) is 0. The molecule has 0 aliphatic carbocycles. The van der Waals surface area contributed by atoms with E-state index in [1.165, 1.54) is 64.2 Å². The number of hydrogen-bond donors (Lipinski definition) is 3. The summed E-state index contributed by atoms with van der Waals surface area (Å²) in [6, 6.07) is 0. The number of thiol groups is 3. The van der Waals surface area contributed by atoms with Crippen LogP contribution in [0.1, 0.15) is 78.1 Å². The van der Waals surface area contributed by atoms with Crippen molar-refractivity contribution < 1.29 is 0 Å². The van der Waals surface area contributed by atoms with E-state index in [1.54, 1.807) is 0 Å². The molecule has 0 nitrogen and oxygen atoms in total. The van der Waals surface area contributed by atoms with Crippen LogP contribution in [0.15, 0.2) is 0 Å². The summed E-state index contributed by atoms with van der Waals surface area (Å²) >= 11 is 14.6. The minimum atomic E-state index is -2.21. The summed E-state index contributed by atoms with van der Waals surface area (Å²) in [6.45, 7) is 4.51. The third kappa shape index (κ3) is 12.5. The van der Waals surface area contributed by atoms with Crippen LogP contribution in [0.2, 0.25) is 0 Å². The summed E-state index contributed by atoms with van der Waals surface area (Å²) in [5.74, 6) is 0. The van der Waals surface area contributed by atoms with Gasteiger partial charge in [0.1, 0.15) is 0 Å². The molecule has 0 rings (SSSR count). The molecule has 0 amide bonds. The van der Waals surface area contributed by atoms with Crippen LogP contribution in [0.4, 0.5) is 0 Å². The first-order valence-corrected chi connectivity index (χ1v) is 13.7. The SMILES string of the molecule is CCCCCCCP(S)(S)(S)CCCCCCC. The molecule has 18 heavy (non-hydrogen) atoms. The fourth-order valence-corrected chi connectivity index (χ4v) is 6.70. The topological polar surface area (TPSA) is 0 Å². The van der Waals surface area contributed by atoms with E-state index in [2.05, 4.69) is 13.8 Å². The molecule has 112 valence electrons. The van der Waals surface area contributed by atoms with Gasteiger partial charge in [0.05, 0.1) is 0 Å². The van der Waals surface area contributed by atoms with Gasteiger partial charge in [-0.2, -0.15) is 0 Å². The Kier molecular flexibility index (Phi) is 11.1. The summed E-state index contributed by atoms with van der Waals surface area (Å²) < 4.78 is -2.21. The molecule has 0 saturated heterocycles. The van der Waals surface area contributed by atoms with Crippen molar-refractivity contribution in [2.45, 2.75) is 78.1 Å². The third-order valence-electron chi connectivity index (χ3n) is 3.44. The second-order valence-corrected chi connectivity index (χ2v) is 20.7. The van der Waals surface area contributed by atoms with Crippen LogP contribution in [0.25, 0.3) is 0 Å². The van der Waals surface area contributed by atoms with Gasteiger partial charge in [0.15, 0.2) is 0 Å². The predicted molar refractivity (Wildman–Crippen MR) is 101 cm³/mol. The fraction of sp³-hybridized carbons (Fsp3) is 1.00. The number of unbranched alkanes of at least 4 members (excludes halogenated alkanes) is 8. The van der Waals surface area contributed by atoms with E-state index < -0.39 is 4.21 Å². The van der Waals surface area contributed by atoms with Gasteiger partial charge >= 0.3 is 131 Å². The molecule has 0 spiro atoms. The zero-order valence-corrected chi connectivity index (χ0v) is 15.9. The quantitative estimate of drug-likeness (QED) is 0.191. The Morgan fingerprint density at radius 1 is 0.556 bits per heavy atom. The molecule has 0 aliphatic rings. The molecule has 0 aromatic carbocycles. The zero-order chi connectivity index (χ0) is 13.9. The number of rotatable bonds is 12. The molecule has 0 unspecified atom stereocenters. The van der Waals surface area contributed by atoms with E-state index in [-0.39, 0.29) is 0 Å². The minimum absolute atomic E-state index is 1.12. The summed E-state index contributed by atoms with van der Waals surface area (Å²) in [6.07, 6.45) is 15.4. The molecule has 0 atom stereocenters.